The van der Waals surface area contributed by atoms with E-state index in [-0.39, 0.29) is 0 Å². The Kier molecular flexibility index (Phi) is 6.85. The minimum absolute atomic E-state index is 0.413. The van der Waals surface area contributed by atoms with E-state index < -0.39 is 0 Å². The molecule has 0 amide bonds. The van der Waals surface area contributed by atoms with Crippen LogP contribution in [0.25, 0.3) is 87.3 Å². The van der Waals surface area contributed by atoms with Crippen LogP contribution in [-0.2, 0) is 0 Å². The fraction of sp³-hybridized carbons (Fsp3) is 0. The molecule has 0 radical (unpaired) electrons. The molecule has 6 heteroatoms. The lowest BCUT2D eigenvalue weighted by Gasteiger charge is -2.16. The van der Waals surface area contributed by atoms with Crippen LogP contribution in [0.3, 0.4) is 0 Å². The standard InChI is InChI=1S/C42H22N6/c1-44-32-22-26(25-43)21-31(23-32)27-17-19-30(20-18-27)39-38-37(33-15-9-10-16-34(33)46-39)35(45-2)24-36-42(38)48-41(29-13-7-4-8-14-29)40(47-36)28-11-5-3-6-12-28/h3-24H. The third kappa shape index (κ3) is 4.77. The number of nitrogens with zero attached hydrogens (tertiary/aromatic N) is 6. The zero-order valence-corrected chi connectivity index (χ0v) is 25.4. The number of aromatic nitrogens is 3. The van der Waals surface area contributed by atoms with Crippen molar-refractivity contribution in [1.29, 1.82) is 5.26 Å². The molecule has 6 nitrogen and oxygen atoms in total. The van der Waals surface area contributed by atoms with Gasteiger partial charge in [0.2, 0.25) is 0 Å². The van der Waals surface area contributed by atoms with E-state index in [1.165, 1.54) is 0 Å². The van der Waals surface area contributed by atoms with Crippen molar-refractivity contribution in [2.75, 3.05) is 0 Å². The first-order chi connectivity index (χ1) is 23.6. The minimum Gasteiger partial charge on any atom is -0.247 e. The number of fused-ring (bicyclic) bond motifs is 5. The van der Waals surface area contributed by atoms with Gasteiger partial charge in [0.25, 0.3) is 0 Å². The van der Waals surface area contributed by atoms with E-state index in [1.807, 2.05) is 115 Å². The summed E-state index contributed by atoms with van der Waals surface area (Å²) in [4.78, 5) is 23.3. The molecule has 2 aromatic heterocycles. The first-order valence-electron chi connectivity index (χ1n) is 15.2. The Morgan fingerprint density at radius 1 is 0.500 bits per heavy atom. The molecule has 0 bridgehead atoms. The van der Waals surface area contributed by atoms with Gasteiger partial charge in [-0.15, -0.1) is 0 Å². The maximum atomic E-state index is 9.52. The van der Waals surface area contributed by atoms with Crippen LogP contribution in [0.15, 0.2) is 133 Å². The number of hydrogen-bond donors (Lipinski definition) is 0. The maximum absolute atomic E-state index is 9.52. The van der Waals surface area contributed by atoms with Gasteiger partial charge in [0.1, 0.15) is 0 Å². The zero-order chi connectivity index (χ0) is 32.6. The summed E-state index contributed by atoms with van der Waals surface area (Å²) in [5.41, 5.74) is 9.93. The predicted molar refractivity (Wildman–Crippen MR) is 191 cm³/mol. The van der Waals surface area contributed by atoms with E-state index >= 15 is 0 Å². The van der Waals surface area contributed by atoms with Gasteiger partial charge in [-0.3, -0.25) is 0 Å². The summed E-state index contributed by atoms with van der Waals surface area (Å²) >= 11 is 0. The molecular weight excluding hydrogens is 589 g/mol. The molecule has 6 aromatic carbocycles. The Hall–Kier alpha value is -7.20. The molecule has 220 valence electrons. The van der Waals surface area contributed by atoms with Crippen molar-refractivity contribution in [1.82, 2.24) is 15.0 Å². The van der Waals surface area contributed by atoms with E-state index in [2.05, 4.69) is 15.8 Å². The first kappa shape index (κ1) is 28.3. The molecule has 0 fully saturated rings. The van der Waals surface area contributed by atoms with Crippen LogP contribution >= 0.6 is 0 Å². The molecule has 0 spiro atoms. The monoisotopic (exact) mass is 610 g/mol. The van der Waals surface area contributed by atoms with Crippen molar-refractivity contribution in [3.63, 3.8) is 0 Å². The third-order valence-corrected chi connectivity index (χ3v) is 8.46. The fourth-order valence-electron chi connectivity index (χ4n) is 6.26. The van der Waals surface area contributed by atoms with Crippen molar-refractivity contribution in [2.45, 2.75) is 0 Å². The normalized spacial score (nSPS) is 10.9. The lowest BCUT2D eigenvalue weighted by Crippen LogP contribution is -1.98. The second-order valence-electron chi connectivity index (χ2n) is 11.3. The molecule has 0 aliphatic carbocycles. The molecule has 8 aromatic rings. The van der Waals surface area contributed by atoms with Gasteiger partial charge in [-0.05, 0) is 46.8 Å². The molecule has 0 unspecified atom stereocenters. The number of para-hydroxylation sites is 1. The molecule has 0 N–H and O–H groups in total. The highest BCUT2D eigenvalue weighted by atomic mass is 14.8. The summed E-state index contributed by atoms with van der Waals surface area (Å²) < 4.78 is 0. The summed E-state index contributed by atoms with van der Waals surface area (Å²) in [5.74, 6) is 0. The summed E-state index contributed by atoms with van der Waals surface area (Å²) in [5, 5.41) is 11.9. The molecule has 0 aliphatic heterocycles. The second-order valence-corrected chi connectivity index (χ2v) is 11.3. The number of hydrogen-bond acceptors (Lipinski definition) is 4. The van der Waals surface area contributed by atoms with E-state index in [9.17, 15) is 5.26 Å². The Balaban J connectivity index is 1.45. The van der Waals surface area contributed by atoms with Gasteiger partial charge >= 0.3 is 0 Å². The molecule has 2 heterocycles. The van der Waals surface area contributed by atoms with Gasteiger partial charge in [-0.1, -0.05) is 103 Å². The lowest BCUT2D eigenvalue weighted by atomic mass is 9.95. The van der Waals surface area contributed by atoms with Gasteiger partial charge in [-0.2, -0.15) is 5.26 Å². The largest absolute Gasteiger partial charge is 0.247 e. The van der Waals surface area contributed by atoms with Crippen molar-refractivity contribution >= 4 is 44.1 Å². The Morgan fingerprint density at radius 3 is 1.77 bits per heavy atom. The van der Waals surface area contributed by atoms with Crippen LogP contribution in [0, 0.1) is 24.5 Å². The second kappa shape index (κ2) is 11.6. The molecule has 0 atom stereocenters. The summed E-state index contributed by atoms with van der Waals surface area (Å²) in [6, 6.07) is 45.0. The SMILES string of the molecule is [C-]#[N+]c1cc(C#N)cc(-c2ccc(-c3nc4ccccc4c4c([N+]#[C-])cc5nc(-c6ccccc6)c(-c6ccccc6)nc5c34)cc2)c1. The topological polar surface area (TPSA) is 71.2 Å². The fourth-order valence-corrected chi connectivity index (χ4v) is 6.26. The van der Waals surface area contributed by atoms with Gasteiger partial charge in [-0.25, -0.2) is 24.6 Å². The summed E-state index contributed by atoms with van der Waals surface area (Å²) in [7, 11) is 0. The van der Waals surface area contributed by atoms with Gasteiger partial charge < -0.3 is 0 Å². The molecule has 0 saturated carbocycles. The van der Waals surface area contributed by atoms with Crippen LogP contribution in [0.1, 0.15) is 5.56 Å². The molecular formula is C42H22N6. The molecule has 0 aliphatic rings. The predicted octanol–water partition coefficient (Wildman–Crippen LogP) is 11.0. The Morgan fingerprint density at radius 2 is 1.10 bits per heavy atom. The van der Waals surface area contributed by atoms with E-state index in [0.29, 0.717) is 33.7 Å². The number of pyridine rings is 1. The molecule has 48 heavy (non-hydrogen) atoms. The van der Waals surface area contributed by atoms with Crippen LogP contribution in [0.5, 0.6) is 0 Å². The smallest absolute Gasteiger partial charge is 0.197 e. The third-order valence-electron chi connectivity index (χ3n) is 8.46. The highest BCUT2D eigenvalue weighted by Gasteiger charge is 2.21. The average Bonchev–Trinajstić information content (AvgIpc) is 3.17. The van der Waals surface area contributed by atoms with Gasteiger partial charge in [0.05, 0.1) is 52.8 Å². The van der Waals surface area contributed by atoms with Crippen LogP contribution in [-0.4, -0.2) is 15.0 Å². The molecule has 8 rings (SSSR count). The van der Waals surface area contributed by atoms with E-state index in [0.717, 1.165) is 60.9 Å². The molecule has 0 saturated heterocycles. The van der Waals surface area contributed by atoms with Crippen molar-refractivity contribution < 1.29 is 0 Å². The minimum atomic E-state index is 0.413. The number of nitriles is 1. The van der Waals surface area contributed by atoms with Crippen molar-refractivity contribution in [2.24, 2.45) is 0 Å². The zero-order valence-electron chi connectivity index (χ0n) is 25.4. The van der Waals surface area contributed by atoms with Crippen molar-refractivity contribution in [3.05, 3.63) is 162 Å². The summed E-state index contributed by atoms with van der Waals surface area (Å²) in [6.45, 7) is 15.7. The number of rotatable bonds is 4. The van der Waals surface area contributed by atoms with E-state index in [4.69, 9.17) is 28.1 Å². The van der Waals surface area contributed by atoms with E-state index in [1.54, 1.807) is 18.2 Å². The maximum Gasteiger partial charge on any atom is 0.197 e. The Bertz CT molecular complexity index is 2650. The van der Waals surface area contributed by atoms with Crippen LogP contribution in [0.2, 0.25) is 0 Å². The first-order valence-corrected chi connectivity index (χ1v) is 15.2. The van der Waals surface area contributed by atoms with Gasteiger partial charge in [0, 0.05) is 33.0 Å². The quantitative estimate of drug-likeness (QED) is 0.147. The van der Waals surface area contributed by atoms with Gasteiger partial charge in [0.15, 0.2) is 11.4 Å². The Labute approximate surface area is 276 Å². The van der Waals surface area contributed by atoms with Crippen LogP contribution < -0.4 is 0 Å². The highest BCUT2D eigenvalue weighted by Crippen LogP contribution is 2.43. The average molecular weight is 611 g/mol. The number of benzene rings is 6. The lowest BCUT2D eigenvalue weighted by molar-refractivity contribution is 1.30. The van der Waals surface area contributed by atoms with Crippen molar-refractivity contribution in [3.8, 4) is 51.0 Å². The summed E-state index contributed by atoms with van der Waals surface area (Å²) in [6.07, 6.45) is 0. The van der Waals surface area contributed by atoms with Crippen LogP contribution in [0.4, 0.5) is 11.4 Å². The highest BCUT2D eigenvalue weighted by molar-refractivity contribution is 6.24.